The number of Topliss-reactive ketones (excluding diaryl/α,β-unsaturated/α-hetero) is 1. The Morgan fingerprint density at radius 1 is 1.35 bits per heavy atom. The van der Waals surface area contributed by atoms with Crippen LogP contribution in [-0.4, -0.2) is 28.9 Å². The van der Waals surface area contributed by atoms with Crippen LogP contribution in [0, 0.1) is 5.82 Å². The first-order valence-electron chi connectivity index (χ1n) is 6.78. The lowest BCUT2D eigenvalue weighted by Crippen LogP contribution is -2.33. The van der Waals surface area contributed by atoms with Gasteiger partial charge in [-0.1, -0.05) is 23.2 Å². The third-order valence-electron chi connectivity index (χ3n) is 2.52. The second-order valence-electron chi connectivity index (χ2n) is 5.60. The number of halogens is 3. The van der Waals surface area contributed by atoms with Gasteiger partial charge in [-0.05, 0) is 33.8 Å². The lowest BCUT2D eigenvalue weighted by Gasteiger charge is -2.19. The number of nitrogens with one attached hydrogen (secondary N) is 1. The predicted octanol–water partition coefficient (Wildman–Crippen LogP) is 3.55. The molecular weight excluding hydrogens is 346 g/mol. The predicted molar refractivity (Wildman–Crippen MR) is 86.2 cm³/mol. The number of esters is 1. The normalized spacial score (nSPS) is 12.0. The van der Waals surface area contributed by atoms with Crippen molar-refractivity contribution in [3.05, 3.63) is 39.5 Å². The topological polar surface area (TPSA) is 68.3 Å². The van der Waals surface area contributed by atoms with Gasteiger partial charge in [-0.15, -0.1) is 0 Å². The first-order valence-corrected chi connectivity index (χ1v) is 7.53. The van der Waals surface area contributed by atoms with Gasteiger partial charge >= 0.3 is 5.97 Å². The Balaban J connectivity index is 3.29. The standard InChI is InChI=1S/C15H17Cl2FN2O3/c1-5-23-14(22)9(7-19-15(2,3)4)11(21)8-6-10(18)13(17)20-12(8)16/h6-7,19H,5H2,1-4H3/b9-7+. The van der Waals surface area contributed by atoms with Crippen LogP contribution in [0.25, 0.3) is 0 Å². The van der Waals surface area contributed by atoms with Crippen molar-refractivity contribution in [2.75, 3.05) is 6.61 Å². The van der Waals surface area contributed by atoms with Crippen LogP contribution in [0.2, 0.25) is 10.3 Å². The number of hydrogen-bond acceptors (Lipinski definition) is 5. The number of ketones is 1. The summed E-state index contributed by atoms with van der Waals surface area (Å²) in [6, 6.07) is 0.837. The van der Waals surface area contributed by atoms with Crippen molar-refractivity contribution in [3.8, 4) is 0 Å². The highest BCUT2D eigenvalue weighted by Gasteiger charge is 2.26. The molecule has 1 aromatic rings. The molecule has 0 spiro atoms. The van der Waals surface area contributed by atoms with Crippen molar-refractivity contribution in [1.29, 1.82) is 0 Å². The molecule has 23 heavy (non-hydrogen) atoms. The molecular formula is C15H17Cl2FN2O3. The van der Waals surface area contributed by atoms with Crippen LogP contribution in [-0.2, 0) is 9.53 Å². The molecule has 1 rings (SSSR count). The Morgan fingerprint density at radius 3 is 2.48 bits per heavy atom. The van der Waals surface area contributed by atoms with Crippen LogP contribution >= 0.6 is 23.2 Å². The molecule has 0 atom stereocenters. The Labute approximate surface area is 143 Å². The molecule has 0 unspecified atom stereocenters. The zero-order valence-corrected chi connectivity index (χ0v) is 14.7. The molecule has 1 heterocycles. The van der Waals surface area contributed by atoms with Crippen LogP contribution < -0.4 is 5.32 Å². The summed E-state index contributed by atoms with van der Waals surface area (Å²) in [4.78, 5) is 28.0. The van der Waals surface area contributed by atoms with Crippen LogP contribution in [0.3, 0.4) is 0 Å². The molecule has 5 nitrogen and oxygen atoms in total. The van der Waals surface area contributed by atoms with E-state index in [9.17, 15) is 14.0 Å². The van der Waals surface area contributed by atoms with Crippen molar-refractivity contribution >= 4 is 35.0 Å². The maximum atomic E-state index is 13.6. The van der Waals surface area contributed by atoms with Gasteiger partial charge in [-0.3, -0.25) is 4.79 Å². The SMILES string of the molecule is CCOC(=O)/C(=C/NC(C)(C)C)C(=O)c1cc(F)c(Cl)nc1Cl. The van der Waals surface area contributed by atoms with Crippen molar-refractivity contribution in [1.82, 2.24) is 10.3 Å². The smallest absolute Gasteiger partial charge is 0.343 e. The molecule has 8 heteroatoms. The number of nitrogens with zero attached hydrogens (tertiary/aromatic N) is 1. The molecule has 1 aromatic heterocycles. The number of pyridine rings is 1. The number of carbonyl (C=O) groups excluding carboxylic acids is 2. The van der Waals surface area contributed by atoms with Crippen LogP contribution in [0.4, 0.5) is 4.39 Å². The van der Waals surface area contributed by atoms with Crippen molar-refractivity contribution in [3.63, 3.8) is 0 Å². The second-order valence-corrected chi connectivity index (χ2v) is 6.32. The van der Waals surface area contributed by atoms with Gasteiger partial charge in [0, 0.05) is 11.7 Å². The van der Waals surface area contributed by atoms with E-state index in [-0.39, 0.29) is 22.9 Å². The second kappa shape index (κ2) is 7.75. The molecule has 0 aliphatic carbocycles. The summed E-state index contributed by atoms with van der Waals surface area (Å²) in [6.45, 7) is 7.21. The van der Waals surface area contributed by atoms with E-state index in [1.807, 2.05) is 20.8 Å². The Hall–Kier alpha value is -1.66. The van der Waals surface area contributed by atoms with Crippen molar-refractivity contribution < 1.29 is 18.7 Å². The third-order valence-corrected chi connectivity index (χ3v) is 3.07. The quantitative estimate of drug-likeness (QED) is 0.216. The number of ether oxygens (including phenoxy) is 1. The van der Waals surface area contributed by atoms with E-state index in [2.05, 4.69) is 10.3 Å². The van der Waals surface area contributed by atoms with Gasteiger partial charge < -0.3 is 10.1 Å². The molecule has 0 fully saturated rings. The fourth-order valence-corrected chi connectivity index (χ4v) is 1.87. The molecule has 0 saturated carbocycles. The zero-order valence-electron chi connectivity index (χ0n) is 13.2. The summed E-state index contributed by atoms with van der Waals surface area (Å²) in [5.41, 5.74) is -0.985. The minimum atomic E-state index is -0.911. The molecule has 1 N–H and O–H groups in total. The molecule has 126 valence electrons. The van der Waals surface area contributed by atoms with E-state index in [1.165, 1.54) is 6.20 Å². The Morgan fingerprint density at radius 2 is 1.96 bits per heavy atom. The number of hydrogen-bond donors (Lipinski definition) is 1. The van der Waals surface area contributed by atoms with Gasteiger partial charge in [0.1, 0.15) is 10.7 Å². The zero-order chi connectivity index (χ0) is 17.8. The monoisotopic (exact) mass is 362 g/mol. The summed E-state index contributed by atoms with van der Waals surface area (Å²) in [5, 5.41) is 2.13. The van der Waals surface area contributed by atoms with Crippen LogP contribution in [0.15, 0.2) is 17.8 Å². The summed E-state index contributed by atoms with van der Waals surface area (Å²) < 4.78 is 18.4. The van der Waals surface area contributed by atoms with E-state index >= 15 is 0 Å². The Bertz CT molecular complexity index is 655. The van der Waals surface area contributed by atoms with Crippen molar-refractivity contribution in [2.24, 2.45) is 0 Å². The molecule has 0 radical (unpaired) electrons. The fraction of sp³-hybridized carbons (Fsp3) is 0.400. The van der Waals surface area contributed by atoms with Gasteiger partial charge in [0.2, 0.25) is 5.78 Å². The number of aromatic nitrogens is 1. The maximum absolute atomic E-state index is 13.6. The van der Waals surface area contributed by atoms with E-state index in [0.717, 1.165) is 6.07 Å². The first-order chi connectivity index (χ1) is 10.6. The average molecular weight is 363 g/mol. The fourth-order valence-electron chi connectivity index (χ4n) is 1.46. The average Bonchev–Trinajstić information content (AvgIpc) is 2.41. The molecule has 0 aliphatic rings. The summed E-state index contributed by atoms with van der Waals surface area (Å²) in [5.74, 6) is -2.57. The van der Waals surface area contributed by atoms with Crippen LogP contribution in [0.1, 0.15) is 38.1 Å². The van der Waals surface area contributed by atoms with E-state index in [1.54, 1.807) is 6.92 Å². The summed E-state index contributed by atoms with van der Waals surface area (Å²) >= 11 is 11.3. The lowest BCUT2D eigenvalue weighted by atomic mass is 10.0. The highest BCUT2D eigenvalue weighted by molar-refractivity contribution is 6.37. The van der Waals surface area contributed by atoms with E-state index < -0.39 is 28.3 Å². The Kier molecular flexibility index (Phi) is 6.53. The minimum absolute atomic E-state index is 0.0833. The molecule has 0 amide bonds. The van der Waals surface area contributed by atoms with Gasteiger partial charge in [-0.25, -0.2) is 14.2 Å². The van der Waals surface area contributed by atoms with Gasteiger partial charge in [-0.2, -0.15) is 0 Å². The largest absolute Gasteiger partial charge is 0.462 e. The molecule has 0 aromatic carbocycles. The van der Waals surface area contributed by atoms with Gasteiger partial charge in [0.05, 0.1) is 12.2 Å². The van der Waals surface area contributed by atoms with Gasteiger partial charge in [0.15, 0.2) is 11.0 Å². The van der Waals surface area contributed by atoms with Crippen molar-refractivity contribution in [2.45, 2.75) is 33.2 Å². The summed E-state index contributed by atoms with van der Waals surface area (Å²) in [7, 11) is 0. The molecule has 0 aliphatic heterocycles. The summed E-state index contributed by atoms with van der Waals surface area (Å²) in [6.07, 6.45) is 1.23. The highest BCUT2D eigenvalue weighted by Crippen LogP contribution is 2.23. The third kappa shape index (κ3) is 5.48. The molecule has 0 saturated heterocycles. The maximum Gasteiger partial charge on any atom is 0.343 e. The van der Waals surface area contributed by atoms with E-state index in [4.69, 9.17) is 27.9 Å². The van der Waals surface area contributed by atoms with Gasteiger partial charge in [0.25, 0.3) is 0 Å². The number of carbonyl (C=O) groups is 2. The number of rotatable bonds is 5. The van der Waals surface area contributed by atoms with E-state index in [0.29, 0.717) is 0 Å². The first kappa shape index (κ1) is 19.4. The lowest BCUT2D eigenvalue weighted by molar-refractivity contribution is -0.138. The van der Waals surface area contributed by atoms with Crippen LogP contribution in [0.5, 0.6) is 0 Å². The minimum Gasteiger partial charge on any atom is -0.462 e. The molecule has 0 bridgehead atoms. The highest BCUT2D eigenvalue weighted by atomic mass is 35.5.